The largest absolute Gasteiger partial charge is 0.332 e. The first-order valence-electron chi connectivity index (χ1n) is 5.97. The molecule has 0 saturated carbocycles. The van der Waals surface area contributed by atoms with Crippen LogP contribution in [-0.2, 0) is 6.54 Å². The summed E-state index contributed by atoms with van der Waals surface area (Å²) in [7, 11) is 0. The number of anilines is 2. The average Bonchev–Trinajstić information content (AvgIpc) is 2.39. The second-order valence-electron chi connectivity index (χ2n) is 4.51. The molecule has 2 nitrogen and oxygen atoms in total. The van der Waals surface area contributed by atoms with E-state index in [1.165, 1.54) is 11.1 Å². The van der Waals surface area contributed by atoms with E-state index in [0.29, 0.717) is 0 Å². The Balaban J connectivity index is 1.99. The molecule has 0 fully saturated rings. The van der Waals surface area contributed by atoms with E-state index in [9.17, 15) is 0 Å². The van der Waals surface area contributed by atoms with Crippen molar-refractivity contribution < 1.29 is 0 Å². The van der Waals surface area contributed by atoms with Gasteiger partial charge in [-0.25, -0.2) is 0 Å². The number of aryl methyl sites for hydroxylation is 1. The predicted octanol–water partition coefficient (Wildman–Crippen LogP) is 3.71. The smallest absolute Gasteiger partial charge is 0.178 e. The molecule has 2 aromatic carbocycles. The molecule has 0 unspecified atom stereocenters. The van der Waals surface area contributed by atoms with E-state index in [0.717, 1.165) is 23.0 Å². The molecule has 0 aromatic heterocycles. The second-order valence-corrected chi connectivity index (χ2v) is 4.90. The Bertz CT molecular complexity index is 593. The van der Waals surface area contributed by atoms with Crippen LogP contribution in [0.4, 0.5) is 11.4 Å². The lowest BCUT2D eigenvalue weighted by molar-refractivity contribution is 0.992. The summed E-state index contributed by atoms with van der Waals surface area (Å²) in [6.45, 7) is 2.94. The fourth-order valence-corrected chi connectivity index (χ4v) is 2.50. The Hall–Kier alpha value is -1.87. The van der Waals surface area contributed by atoms with E-state index >= 15 is 0 Å². The minimum atomic E-state index is 0.762. The summed E-state index contributed by atoms with van der Waals surface area (Å²) in [6.07, 6.45) is 0. The zero-order valence-electron chi connectivity index (χ0n) is 10.2. The summed E-state index contributed by atoms with van der Waals surface area (Å²) >= 11 is 5.43. The molecular weight excluding hydrogens is 240 g/mol. The number of hydrogen-bond donors (Lipinski definition) is 1. The zero-order chi connectivity index (χ0) is 12.5. The molecule has 0 amide bonds. The quantitative estimate of drug-likeness (QED) is 0.781. The van der Waals surface area contributed by atoms with Gasteiger partial charge in [-0.05, 0) is 42.9 Å². The molecule has 0 atom stereocenters. The maximum atomic E-state index is 5.43. The van der Waals surface area contributed by atoms with Gasteiger partial charge in [0.15, 0.2) is 5.11 Å². The van der Waals surface area contributed by atoms with Crippen LogP contribution in [0.5, 0.6) is 0 Å². The van der Waals surface area contributed by atoms with Crippen LogP contribution in [0, 0.1) is 6.92 Å². The number of nitrogens with zero attached hydrogens (tertiary/aromatic N) is 1. The van der Waals surface area contributed by atoms with Crippen molar-refractivity contribution in [3.8, 4) is 0 Å². The lowest BCUT2D eigenvalue weighted by Gasteiger charge is -2.32. The molecule has 1 aliphatic heterocycles. The highest BCUT2D eigenvalue weighted by Crippen LogP contribution is 2.27. The summed E-state index contributed by atoms with van der Waals surface area (Å²) in [5.74, 6) is 0. The molecule has 3 heteroatoms. The second kappa shape index (κ2) is 4.42. The molecule has 0 saturated heterocycles. The minimum Gasteiger partial charge on any atom is -0.332 e. The topological polar surface area (TPSA) is 15.3 Å². The number of fused-ring (bicyclic) bond motifs is 1. The first-order chi connectivity index (χ1) is 8.74. The van der Waals surface area contributed by atoms with E-state index in [-0.39, 0.29) is 0 Å². The van der Waals surface area contributed by atoms with Crippen molar-refractivity contribution in [2.24, 2.45) is 0 Å². The molecule has 1 aliphatic rings. The third-order valence-corrected chi connectivity index (χ3v) is 3.47. The minimum absolute atomic E-state index is 0.762. The molecule has 1 N–H and O–H groups in total. The van der Waals surface area contributed by atoms with Gasteiger partial charge in [0.2, 0.25) is 0 Å². The van der Waals surface area contributed by atoms with Gasteiger partial charge in [0.25, 0.3) is 0 Å². The van der Waals surface area contributed by atoms with Crippen molar-refractivity contribution in [2.75, 3.05) is 10.2 Å². The average molecular weight is 254 g/mol. The maximum Gasteiger partial charge on any atom is 0.178 e. The number of para-hydroxylation sites is 1. The third-order valence-electron chi connectivity index (χ3n) is 3.14. The van der Waals surface area contributed by atoms with E-state index < -0.39 is 0 Å². The lowest BCUT2D eigenvalue weighted by atomic mass is 10.1. The zero-order valence-corrected chi connectivity index (χ0v) is 11.0. The highest BCUT2D eigenvalue weighted by atomic mass is 32.1. The van der Waals surface area contributed by atoms with E-state index in [1.807, 2.05) is 18.2 Å². The van der Waals surface area contributed by atoms with Crippen molar-refractivity contribution >= 4 is 28.7 Å². The van der Waals surface area contributed by atoms with Crippen molar-refractivity contribution in [1.29, 1.82) is 0 Å². The van der Waals surface area contributed by atoms with Gasteiger partial charge >= 0.3 is 0 Å². The van der Waals surface area contributed by atoms with Crippen molar-refractivity contribution in [3.63, 3.8) is 0 Å². The van der Waals surface area contributed by atoms with Gasteiger partial charge in [0.1, 0.15) is 0 Å². The van der Waals surface area contributed by atoms with Crippen LogP contribution in [0.25, 0.3) is 0 Å². The van der Waals surface area contributed by atoms with E-state index in [1.54, 1.807) is 0 Å². The Morgan fingerprint density at radius 2 is 1.89 bits per heavy atom. The summed E-state index contributed by atoms with van der Waals surface area (Å²) in [5.41, 5.74) is 4.81. The van der Waals surface area contributed by atoms with Gasteiger partial charge < -0.3 is 10.2 Å². The number of rotatable bonds is 1. The Kier molecular flexibility index (Phi) is 2.76. The Morgan fingerprint density at radius 1 is 1.11 bits per heavy atom. The highest BCUT2D eigenvalue weighted by Gasteiger charge is 2.20. The summed E-state index contributed by atoms with van der Waals surface area (Å²) in [4.78, 5) is 2.12. The molecule has 0 radical (unpaired) electrons. The normalized spacial score (nSPS) is 14.1. The van der Waals surface area contributed by atoms with Gasteiger partial charge in [-0.15, -0.1) is 0 Å². The molecule has 18 heavy (non-hydrogen) atoms. The lowest BCUT2D eigenvalue weighted by Crippen LogP contribution is -2.38. The molecular formula is C15H14N2S. The Labute approximate surface area is 112 Å². The third kappa shape index (κ3) is 1.97. The fourth-order valence-electron chi connectivity index (χ4n) is 2.22. The van der Waals surface area contributed by atoms with Crippen molar-refractivity contribution in [1.82, 2.24) is 0 Å². The van der Waals surface area contributed by atoms with Crippen LogP contribution in [-0.4, -0.2) is 5.11 Å². The number of thiocarbonyl (C=S) groups is 1. The van der Waals surface area contributed by atoms with Crippen LogP contribution in [0.1, 0.15) is 11.1 Å². The van der Waals surface area contributed by atoms with Crippen LogP contribution in [0.3, 0.4) is 0 Å². The van der Waals surface area contributed by atoms with Crippen LogP contribution >= 0.6 is 12.2 Å². The van der Waals surface area contributed by atoms with Gasteiger partial charge in [0, 0.05) is 11.4 Å². The van der Waals surface area contributed by atoms with Gasteiger partial charge in [-0.2, -0.15) is 0 Å². The Morgan fingerprint density at radius 3 is 2.67 bits per heavy atom. The molecule has 90 valence electrons. The molecule has 1 heterocycles. The van der Waals surface area contributed by atoms with Crippen molar-refractivity contribution in [3.05, 3.63) is 59.7 Å². The van der Waals surface area contributed by atoms with E-state index in [2.05, 4.69) is 47.5 Å². The number of nitrogens with one attached hydrogen (secondary N) is 1. The maximum absolute atomic E-state index is 5.43. The fraction of sp³-hybridized carbons (Fsp3) is 0.133. The summed E-state index contributed by atoms with van der Waals surface area (Å²) in [5, 5.41) is 4.05. The number of hydrogen-bond acceptors (Lipinski definition) is 1. The molecule has 0 aliphatic carbocycles. The molecule has 3 rings (SSSR count). The first-order valence-corrected chi connectivity index (χ1v) is 6.38. The van der Waals surface area contributed by atoms with Crippen LogP contribution in [0.2, 0.25) is 0 Å². The standard InChI is InChI=1S/C15H14N2S/c1-11-7-8-14-12(9-11)10-17(15(18)16-14)13-5-3-2-4-6-13/h2-9H,10H2,1H3,(H,16,18). The van der Waals surface area contributed by atoms with Crippen molar-refractivity contribution in [2.45, 2.75) is 13.5 Å². The van der Waals surface area contributed by atoms with Crippen LogP contribution in [0.15, 0.2) is 48.5 Å². The SMILES string of the molecule is Cc1ccc2c(c1)CN(c1ccccc1)C(=S)N2. The monoisotopic (exact) mass is 254 g/mol. The summed E-state index contributed by atoms with van der Waals surface area (Å²) in [6, 6.07) is 16.6. The predicted molar refractivity (Wildman–Crippen MR) is 80.0 cm³/mol. The van der Waals surface area contributed by atoms with Gasteiger partial charge in [-0.3, -0.25) is 0 Å². The van der Waals surface area contributed by atoms with Crippen LogP contribution < -0.4 is 10.2 Å². The molecule has 0 spiro atoms. The van der Waals surface area contributed by atoms with Gasteiger partial charge in [0.05, 0.1) is 6.54 Å². The first kappa shape index (κ1) is 11.2. The molecule has 0 bridgehead atoms. The highest BCUT2D eigenvalue weighted by molar-refractivity contribution is 7.80. The van der Waals surface area contributed by atoms with E-state index in [4.69, 9.17) is 12.2 Å². The molecule has 2 aromatic rings. The van der Waals surface area contributed by atoms with Gasteiger partial charge in [-0.1, -0.05) is 35.9 Å². The number of benzene rings is 2. The summed E-state index contributed by atoms with van der Waals surface area (Å²) < 4.78 is 0.